The predicted octanol–water partition coefficient (Wildman–Crippen LogP) is 1.51. The number of rotatable bonds is 2. The molecule has 2 fully saturated rings. The topological polar surface area (TPSA) is 37.4 Å². The molecule has 78 valence electrons. The molecule has 0 radical (unpaired) electrons. The lowest BCUT2D eigenvalue weighted by Crippen LogP contribution is -2.47. The number of ketones is 1. The highest BCUT2D eigenvalue weighted by Gasteiger charge is 2.45. The predicted molar refractivity (Wildman–Crippen MR) is 52.8 cm³/mol. The van der Waals surface area contributed by atoms with Crippen LogP contribution in [0.15, 0.2) is 0 Å². The van der Waals surface area contributed by atoms with Gasteiger partial charge in [-0.2, -0.15) is 0 Å². The molecule has 3 heteroatoms. The van der Waals surface area contributed by atoms with Crippen molar-refractivity contribution in [3.63, 3.8) is 0 Å². The van der Waals surface area contributed by atoms with Gasteiger partial charge in [0.25, 0.3) is 5.91 Å². The summed E-state index contributed by atoms with van der Waals surface area (Å²) >= 11 is 0. The highest BCUT2D eigenvalue weighted by molar-refractivity contribution is 6.38. The molecule has 2 rings (SSSR count). The van der Waals surface area contributed by atoms with Crippen molar-refractivity contribution in [2.24, 2.45) is 0 Å². The molecule has 0 aromatic heterocycles. The SMILES string of the molecule is CCC1(N2CCC(=O)C2=O)CCCC1. The van der Waals surface area contributed by atoms with Crippen molar-refractivity contribution in [1.82, 2.24) is 4.90 Å². The Morgan fingerprint density at radius 1 is 1.29 bits per heavy atom. The molecular weight excluding hydrogens is 178 g/mol. The first-order chi connectivity index (χ1) is 6.69. The Morgan fingerprint density at radius 3 is 2.36 bits per heavy atom. The fourth-order valence-electron chi connectivity index (χ4n) is 2.87. The van der Waals surface area contributed by atoms with Gasteiger partial charge < -0.3 is 4.90 Å². The first kappa shape index (κ1) is 9.69. The van der Waals surface area contributed by atoms with Crippen molar-refractivity contribution in [2.75, 3.05) is 6.54 Å². The van der Waals surface area contributed by atoms with Crippen LogP contribution in [0.1, 0.15) is 45.4 Å². The molecule has 14 heavy (non-hydrogen) atoms. The Labute approximate surface area is 84.5 Å². The fraction of sp³-hybridized carbons (Fsp3) is 0.818. The second kappa shape index (κ2) is 3.37. The van der Waals surface area contributed by atoms with Gasteiger partial charge in [0.05, 0.1) is 0 Å². The summed E-state index contributed by atoms with van der Waals surface area (Å²) in [6, 6.07) is 0. The molecule has 1 aliphatic heterocycles. The van der Waals surface area contributed by atoms with Gasteiger partial charge >= 0.3 is 0 Å². The van der Waals surface area contributed by atoms with E-state index in [1.807, 2.05) is 4.90 Å². The van der Waals surface area contributed by atoms with E-state index in [9.17, 15) is 9.59 Å². The lowest BCUT2D eigenvalue weighted by atomic mass is 9.92. The lowest BCUT2D eigenvalue weighted by Gasteiger charge is -2.37. The van der Waals surface area contributed by atoms with Gasteiger partial charge in [-0.15, -0.1) is 0 Å². The van der Waals surface area contributed by atoms with Gasteiger partial charge in [0.15, 0.2) is 0 Å². The molecule has 0 atom stereocenters. The maximum absolute atomic E-state index is 11.6. The maximum Gasteiger partial charge on any atom is 0.290 e. The van der Waals surface area contributed by atoms with Gasteiger partial charge in [0, 0.05) is 18.5 Å². The molecule has 0 unspecified atom stereocenters. The minimum atomic E-state index is -0.228. The van der Waals surface area contributed by atoms with Crippen molar-refractivity contribution >= 4 is 11.7 Å². The van der Waals surface area contributed by atoms with Gasteiger partial charge in [-0.05, 0) is 19.3 Å². The highest BCUT2D eigenvalue weighted by Crippen LogP contribution is 2.39. The third kappa shape index (κ3) is 1.26. The Bertz CT molecular complexity index is 266. The van der Waals surface area contributed by atoms with Crippen LogP contribution in [0.4, 0.5) is 0 Å². The van der Waals surface area contributed by atoms with E-state index >= 15 is 0 Å². The quantitative estimate of drug-likeness (QED) is 0.626. The average molecular weight is 195 g/mol. The normalized spacial score (nSPS) is 26.2. The number of hydrogen-bond donors (Lipinski definition) is 0. The fourth-order valence-corrected chi connectivity index (χ4v) is 2.87. The zero-order valence-electron chi connectivity index (χ0n) is 8.71. The Kier molecular flexibility index (Phi) is 2.33. The van der Waals surface area contributed by atoms with Gasteiger partial charge in [-0.1, -0.05) is 19.8 Å². The molecule has 0 bridgehead atoms. The summed E-state index contributed by atoms with van der Waals surface area (Å²) in [7, 11) is 0. The van der Waals surface area contributed by atoms with E-state index in [0.717, 1.165) is 19.3 Å². The molecule has 1 saturated carbocycles. The molecule has 1 amide bonds. The number of carbonyl (C=O) groups is 2. The summed E-state index contributed by atoms with van der Waals surface area (Å²) in [5.74, 6) is -0.418. The molecule has 0 aromatic rings. The number of nitrogens with zero attached hydrogens (tertiary/aromatic N) is 1. The molecular formula is C11H17NO2. The van der Waals surface area contributed by atoms with Gasteiger partial charge in [0.2, 0.25) is 5.78 Å². The standard InChI is InChI=1S/C11H17NO2/c1-2-11(6-3-4-7-11)12-8-5-9(13)10(12)14/h2-8H2,1H3. The molecule has 3 nitrogen and oxygen atoms in total. The van der Waals surface area contributed by atoms with Crippen LogP contribution in [0.2, 0.25) is 0 Å². The van der Waals surface area contributed by atoms with Crippen LogP contribution < -0.4 is 0 Å². The number of likely N-dealkylation sites (tertiary alicyclic amines) is 1. The molecule has 0 N–H and O–H groups in total. The molecule has 0 aromatic carbocycles. The molecule has 0 spiro atoms. The van der Waals surface area contributed by atoms with Gasteiger partial charge in [-0.3, -0.25) is 9.59 Å². The van der Waals surface area contributed by atoms with Crippen LogP contribution in [-0.2, 0) is 9.59 Å². The highest BCUT2D eigenvalue weighted by atomic mass is 16.2. The zero-order chi connectivity index (χ0) is 10.2. The second-order valence-electron chi connectivity index (χ2n) is 4.41. The summed E-state index contributed by atoms with van der Waals surface area (Å²) < 4.78 is 0. The summed E-state index contributed by atoms with van der Waals surface area (Å²) in [5.41, 5.74) is 0.0310. The van der Waals surface area contributed by atoms with Crippen LogP contribution in [0.3, 0.4) is 0 Å². The summed E-state index contributed by atoms with van der Waals surface area (Å²) in [4.78, 5) is 24.7. The van der Waals surface area contributed by atoms with E-state index in [1.54, 1.807) is 0 Å². The average Bonchev–Trinajstić information content (AvgIpc) is 2.77. The van der Waals surface area contributed by atoms with Crippen molar-refractivity contribution in [2.45, 2.75) is 51.0 Å². The molecule has 2 aliphatic rings. The van der Waals surface area contributed by atoms with Crippen molar-refractivity contribution in [3.8, 4) is 0 Å². The van der Waals surface area contributed by atoms with Crippen LogP contribution in [0, 0.1) is 0 Å². The minimum Gasteiger partial charge on any atom is -0.330 e. The van der Waals surface area contributed by atoms with E-state index in [1.165, 1.54) is 12.8 Å². The smallest absolute Gasteiger partial charge is 0.290 e. The Morgan fingerprint density at radius 2 is 1.93 bits per heavy atom. The Hall–Kier alpha value is -0.860. The Balaban J connectivity index is 2.20. The first-order valence-electron chi connectivity index (χ1n) is 5.54. The zero-order valence-corrected chi connectivity index (χ0v) is 8.71. The number of hydrogen-bond acceptors (Lipinski definition) is 2. The molecule has 1 heterocycles. The van der Waals surface area contributed by atoms with Gasteiger partial charge in [-0.25, -0.2) is 0 Å². The van der Waals surface area contributed by atoms with Crippen molar-refractivity contribution < 1.29 is 9.59 Å². The summed E-state index contributed by atoms with van der Waals surface area (Å²) in [6.07, 6.45) is 6.00. The van der Waals surface area contributed by atoms with E-state index < -0.39 is 0 Å². The third-order valence-electron chi connectivity index (χ3n) is 3.81. The summed E-state index contributed by atoms with van der Waals surface area (Å²) in [6.45, 7) is 2.78. The van der Waals surface area contributed by atoms with Crippen LogP contribution >= 0.6 is 0 Å². The molecule has 1 saturated heterocycles. The number of amides is 1. The number of carbonyl (C=O) groups excluding carboxylic acids is 2. The van der Waals surface area contributed by atoms with Gasteiger partial charge in [0.1, 0.15) is 0 Å². The number of Topliss-reactive ketones (excluding diaryl/α,β-unsaturated/α-hetero) is 1. The third-order valence-corrected chi connectivity index (χ3v) is 3.81. The van der Waals surface area contributed by atoms with E-state index in [2.05, 4.69) is 6.92 Å². The lowest BCUT2D eigenvalue weighted by molar-refractivity contribution is -0.143. The monoisotopic (exact) mass is 195 g/mol. The van der Waals surface area contributed by atoms with Crippen LogP contribution in [0.5, 0.6) is 0 Å². The van der Waals surface area contributed by atoms with Crippen LogP contribution in [-0.4, -0.2) is 28.7 Å². The minimum absolute atomic E-state index is 0.0310. The summed E-state index contributed by atoms with van der Waals surface area (Å²) in [5, 5.41) is 0. The van der Waals surface area contributed by atoms with Crippen LogP contribution in [0.25, 0.3) is 0 Å². The maximum atomic E-state index is 11.6. The second-order valence-corrected chi connectivity index (χ2v) is 4.41. The van der Waals surface area contributed by atoms with Crippen molar-refractivity contribution in [3.05, 3.63) is 0 Å². The molecule has 1 aliphatic carbocycles. The largest absolute Gasteiger partial charge is 0.330 e. The van der Waals surface area contributed by atoms with E-state index in [4.69, 9.17) is 0 Å². The van der Waals surface area contributed by atoms with E-state index in [0.29, 0.717) is 13.0 Å². The van der Waals surface area contributed by atoms with E-state index in [-0.39, 0.29) is 17.2 Å². The first-order valence-corrected chi connectivity index (χ1v) is 5.54. The van der Waals surface area contributed by atoms with Crippen molar-refractivity contribution in [1.29, 1.82) is 0 Å².